The number of amides is 2. The van der Waals surface area contributed by atoms with E-state index in [-0.39, 0.29) is 18.2 Å². The summed E-state index contributed by atoms with van der Waals surface area (Å²) in [4.78, 5) is 28.5. The molecule has 2 heterocycles. The topological polar surface area (TPSA) is 83.1 Å². The highest BCUT2D eigenvalue weighted by molar-refractivity contribution is 7.14. The molecule has 0 aliphatic heterocycles. The van der Waals surface area contributed by atoms with Gasteiger partial charge < -0.3 is 10.6 Å². The number of nitrogens with one attached hydrogen (secondary N) is 3. The largest absolute Gasteiger partial charge is 0.356 e. The summed E-state index contributed by atoms with van der Waals surface area (Å²) in [6, 6.07) is 3.58. The lowest BCUT2D eigenvalue weighted by Gasteiger charge is -2.03. The molecule has 2 aromatic rings. The Morgan fingerprint density at radius 2 is 2.14 bits per heavy atom. The lowest BCUT2D eigenvalue weighted by atomic mass is 10.3. The Morgan fingerprint density at radius 1 is 1.27 bits per heavy atom. The molecule has 3 N–H and O–H groups in total. The molecule has 0 aliphatic carbocycles. The third kappa shape index (κ3) is 5.21. The highest BCUT2D eigenvalue weighted by atomic mass is 32.1. The van der Waals surface area contributed by atoms with E-state index in [9.17, 15) is 9.59 Å². The molecule has 0 aliphatic rings. The molecule has 0 unspecified atom stereocenters. The van der Waals surface area contributed by atoms with Crippen molar-refractivity contribution in [2.75, 3.05) is 25.5 Å². The highest BCUT2D eigenvalue weighted by Crippen LogP contribution is 2.18. The van der Waals surface area contributed by atoms with Crippen LogP contribution in [-0.4, -0.2) is 36.9 Å². The first-order valence-electron chi connectivity index (χ1n) is 6.89. The van der Waals surface area contributed by atoms with Gasteiger partial charge in [-0.05, 0) is 31.5 Å². The van der Waals surface area contributed by atoms with Gasteiger partial charge in [-0.15, -0.1) is 22.7 Å². The van der Waals surface area contributed by atoms with Gasteiger partial charge in [0, 0.05) is 11.9 Å². The summed E-state index contributed by atoms with van der Waals surface area (Å²) >= 11 is 2.70. The summed E-state index contributed by atoms with van der Waals surface area (Å²) in [5.74, 6) is -0.232. The van der Waals surface area contributed by atoms with Crippen molar-refractivity contribution >= 4 is 39.6 Å². The van der Waals surface area contributed by atoms with E-state index < -0.39 is 0 Å². The van der Waals surface area contributed by atoms with Crippen molar-refractivity contribution in [3.63, 3.8) is 0 Å². The van der Waals surface area contributed by atoms with Crippen molar-refractivity contribution in [3.8, 4) is 0 Å². The smallest absolute Gasteiger partial charge is 0.267 e. The Hall–Kier alpha value is -1.77. The summed E-state index contributed by atoms with van der Waals surface area (Å²) < 4.78 is 0. The molecule has 0 spiro atoms. The fourth-order valence-electron chi connectivity index (χ4n) is 1.73. The van der Waals surface area contributed by atoms with Crippen LogP contribution in [0.2, 0.25) is 0 Å². The third-order valence-corrected chi connectivity index (χ3v) is 4.46. The Bertz CT molecular complexity index is 610. The van der Waals surface area contributed by atoms with E-state index >= 15 is 0 Å². The second-order valence-electron chi connectivity index (χ2n) is 4.56. The fraction of sp³-hybridized carbons (Fsp3) is 0.357. The van der Waals surface area contributed by atoms with Crippen LogP contribution in [0.4, 0.5) is 5.13 Å². The van der Waals surface area contributed by atoms with Crippen LogP contribution in [0.5, 0.6) is 0 Å². The molecular weight excluding hydrogens is 320 g/mol. The minimum absolute atomic E-state index is 0.0578. The van der Waals surface area contributed by atoms with Crippen LogP contribution < -0.4 is 16.0 Å². The van der Waals surface area contributed by atoms with E-state index in [4.69, 9.17) is 0 Å². The van der Waals surface area contributed by atoms with Crippen molar-refractivity contribution in [1.82, 2.24) is 15.6 Å². The van der Waals surface area contributed by atoms with Crippen LogP contribution in [-0.2, 0) is 11.2 Å². The summed E-state index contributed by atoms with van der Waals surface area (Å²) in [6.45, 7) is 1.52. The van der Waals surface area contributed by atoms with Crippen molar-refractivity contribution in [2.45, 2.75) is 12.8 Å². The molecule has 2 aromatic heterocycles. The van der Waals surface area contributed by atoms with Crippen molar-refractivity contribution in [1.29, 1.82) is 0 Å². The Labute approximate surface area is 137 Å². The van der Waals surface area contributed by atoms with Gasteiger partial charge in [-0.3, -0.25) is 14.9 Å². The standard InChI is InChI=1S/C14H18N4O2S2/c1-15-5-3-6-16-12(19)8-10-9-22-14(17-10)18-13(20)11-4-2-7-21-11/h2,4,7,9,15H,3,5-6,8H2,1H3,(H,16,19)(H,17,18,20). The molecule has 0 fully saturated rings. The van der Waals surface area contributed by atoms with Crippen LogP contribution in [0.15, 0.2) is 22.9 Å². The number of nitrogens with zero attached hydrogens (tertiary/aromatic N) is 1. The van der Waals surface area contributed by atoms with E-state index in [2.05, 4.69) is 20.9 Å². The van der Waals surface area contributed by atoms with Gasteiger partial charge in [0.2, 0.25) is 5.91 Å². The number of thiazole rings is 1. The second-order valence-corrected chi connectivity index (χ2v) is 6.37. The highest BCUT2D eigenvalue weighted by Gasteiger charge is 2.11. The minimum Gasteiger partial charge on any atom is -0.356 e. The number of carbonyl (C=O) groups excluding carboxylic acids is 2. The number of carbonyl (C=O) groups is 2. The summed E-state index contributed by atoms with van der Waals surface area (Å²) in [7, 11) is 1.88. The molecule has 0 bridgehead atoms. The van der Waals surface area contributed by atoms with Gasteiger partial charge in [0.15, 0.2) is 5.13 Å². The van der Waals surface area contributed by atoms with Gasteiger partial charge in [0.1, 0.15) is 0 Å². The lowest BCUT2D eigenvalue weighted by molar-refractivity contribution is -0.120. The maximum absolute atomic E-state index is 11.9. The zero-order valence-electron chi connectivity index (χ0n) is 12.2. The molecule has 8 heteroatoms. The monoisotopic (exact) mass is 338 g/mol. The predicted octanol–water partition coefficient (Wildman–Crippen LogP) is 1.73. The van der Waals surface area contributed by atoms with Gasteiger partial charge in [0.25, 0.3) is 5.91 Å². The first-order valence-corrected chi connectivity index (χ1v) is 8.65. The Balaban J connectivity index is 1.78. The van der Waals surface area contributed by atoms with E-state index in [1.54, 1.807) is 11.4 Å². The SMILES string of the molecule is CNCCCNC(=O)Cc1csc(NC(=O)c2cccs2)n1. The number of rotatable bonds is 8. The number of hydrogen-bond acceptors (Lipinski definition) is 6. The number of anilines is 1. The van der Waals surface area contributed by atoms with Gasteiger partial charge in [0.05, 0.1) is 17.0 Å². The molecule has 2 amide bonds. The minimum atomic E-state index is -0.174. The summed E-state index contributed by atoms with van der Waals surface area (Å²) in [5.41, 5.74) is 0.664. The number of thiophene rings is 1. The fourth-order valence-corrected chi connectivity index (χ4v) is 3.06. The van der Waals surface area contributed by atoms with Crippen LogP contribution in [0.3, 0.4) is 0 Å². The normalized spacial score (nSPS) is 10.4. The van der Waals surface area contributed by atoms with Gasteiger partial charge in [-0.1, -0.05) is 6.07 Å². The summed E-state index contributed by atoms with van der Waals surface area (Å²) in [5, 5.41) is 12.7. The average molecular weight is 338 g/mol. The quantitative estimate of drug-likeness (QED) is 0.640. The third-order valence-electron chi connectivity index (χ3n) is 2.78. The molecule has 118 valence electrons. The van der Waals surface area contributed by atoms with Crippen LogP contribution in [0.25, 0.3) is 0 Å². The number of hydrogen-bond donors (Lipinski definition) is 3. The molecule has 22 heavy (non-hydrogen) atoms. The maximum Gasteiger partial charge on any atom is 0.267 e. The van der Waals surface area contributed by atoms with Crippen molar-refractivity contribution in [3.05, 3.63) is 33.5 Å². The zero-order chi connectivity index (χ0) is 15.8. The van der Waals surface area contributed by atoms with E-state index in [0.29, 0.717) is 22.2 Å². The number of aromatic nitrogens is 1. The van der Waals surface area contributed by atoms with Crippen molar-refractivity contribution in [2.24, 2.45) is 0 Å². The zero-order valence-corrected chi connectivity index (χ0v) is 13.9. The van der Waals surface area contributed by atoms with Crippen molar-refractivity contribution < 1.29 is 9.59 Å². The molecule has 0 atom stereocenters. The molecular formula is C14H18N4O2S2. The molecule has 0 radical (unpaired) electrons. The Morgan fingerprint density at radius 3 is 2.86 bits per heavy atom. The van der Waals surface area contributed by atoms with Gasteiger partial charge in [-0.25, -0.2) is 4.98 Å². The summed E-state index contributed by atoms with van der Waals surface area (Å²) in [6.07, 6.45) is 1.12. The first kappa shape index (κ1) is 16.6. The second kappa shape index (κ2) is 8.62. The van der Waals surface area contributed by atoms with Crippen LogP contribution in [0.1, 0.15) is 21.8 Å². The predicted molar refractivity (Wildman–Crippen MR) is 89.6 cm³/mol. The van der Waals surface area contributed by atoms with E-state index in [1.165, 1.54) is 22.7 Å². The van der Waals surface area contributed by atoms with E-state index in [0.717, 1.165) is 13.0 Å². The maximum atomic E-state index is 11.9. The Kier molecular flexibility index (Phi) is 6.50. The van der Waals surface area contributed by atoms with Crippen LogP contribution >= 0.6 is 22.7 Å². The van der Waals surface area contributed by atoms with E-state index in [1.807, 2.05) is 18.5 Å². The molecule has 0 saturated carbocycles. The molecule has 0 aromatic carbocycles. The molecule has 6 nitrogen and oxygen atoms in total. The molecule has 0 saturated heterocycles. The lowest BCUT2D eigenvalue weighted by Crippen LogP contribution is -2.28. The van der Waals surface area contributed by atoms with Gasteiger partial charge >= 0.3 is 0 Å². The average Bonchev–Trinajstić information content (AvgIpc) is 3.15. The molecule has 2 rings (SSSR count). The van der Waals surface area contributed by atoms with Gasteiger partial charge in [-0.2, -0.15) is 0 Å². The van der Waals surface area contributed by atoms with Crippen LogP contribution in [0, 0.1) is 0 Å². The first-order chi connectivity index (χ1) is 10.7.